The summed E-state index contributed by atoms with van der Waals surface area (Å²) in [6.07, 6.45) is 11.6. The second-order valence-electron chi connectivity index (χ2n) is 6.37. The number of nitrogens with zero attached hydrogens (tertiary/aromatic N) is 2. The molecule has 4 rings (SSSR count). The van der Waals surface area contributed by atoms with Crippen molar-refractivity contribution in [3.63, 3.8) is 0 Å². The Bertz CT molecular complexity index is 968. The number of nitrogens with one attached hydrogen (secondary N) is 1. The minimum absolute atomic E-state index is 0.772. The van der Waals surface area contributed by atoms with E-state index in [0.717, 1.165) is 35.7 Å². The minimum atomic E-state index is 0.772. The van der Waals surface area contributed by atoms with E-state index in [2.05, 4.69) is 52.2 Å². The van der Waals surface area contributed by atoms with Gasteiger partial charge in [0.05, 0.1) is 11.9 Å². The molecule has 3 aromatic rings. The molecule has 2 aromatic heterocycles. The van der Waals surface area contributed by atoms with Gasteiger partial charge in [-0.1, -0.05) is 42.0 Å². The molecule has 0 fully saturated rings. The molecule has 126 valence electrons. The van der Waals surface area contributed by atoms with Gasteiger partial charge >= 0.3 is 0 Å². The Labute approximate surface area is 152 Å². The van der Waals surface area contributed by atoms with Crippen molar-refractivity contribution in [1.29, 1.82) is 0 Å². The first-order chi connectivity index (χ1) is 12.2. The maximum atomic E-state index is 6.04. The monoisotopic (exact) mass is 349 g/mol. The standard InChI is InChI=1S/C21H20ClN3/c1-15-19-7-10-23-21(19)24-14-20(15)25-11-8-16(9-12-25)5-6-17-3-2-4-18(22)13-17/h2-8,10,13-14H,9,11-12H2,1H3,(H,23,24). The Kier molecular flexibility index (Phi) is 4.33. The van der Waals surface area contributed by atoms with Crippen molar-refractivity contribution in [3.8, 4) is 0 Å². The van der Waals surface area contributed by atoms with Gasteiger partial charge in [0, 0.05) is 29.7 Å². The van der Waals surface area contributed by atoms with Crippen molar-refractivity contribution in [2.24, 2.45) is 0 Å². The van der Waals surface area contributed by atoms with E-state index in [9.17, 15) is 0 Å². The van der Waals surface area contributed by atoms with Gasteiger partial charge in [-0.25, -0.2) is 4.98 Å². The molecule has 0 unspecified atom stereocenters. The molecule has 0 atom stereocenters. The molecule has 0 spiro atoms. The predicted molar refractivity (Wildman–Crippen MR) is 106 cm³/mol. The van der Waals surface area contributed by atoms with E-state index in [0.29, 0.717) is 0 Å². The highest BCUT2D eigenvalue weighted by atomic mass is 35.5. The number of allylic oxidation sites excluding steroid dienone is 1. The molecule has 0 radical (unpaired) electrons. The molecule has 1 N–H and O–H groups in total. The molecule has 1 aliphatic heterocycles. The van der Waals surface area contributed by atoms with Crippen LogP contribution >= 0.6 is 11.6 Å². The first-order valence-electron chi connectivity index (χ1n) is 8.51. The fourth-order valence-corrected chi connectivity index (χ4v) is 3.52. The fourth-order valence-electron chi connectivity index (χ4n) is 3.32. The molecule has 0 saturated carbocycles. The van der Waals surface area contributed by atoms with Crippen LogP contribution in [0.25, 0.3) is 17.1 Å². The number of halogens is 1. The third-order valence-corrected chi connectivity index (χ3v) is 4.99. The zero-order valence-corrected chi connectivity index (χ0v) is 14.9. The van der Waals surface area contributed by atoms with E-state index in [1.807, 2.05) is 30.6 Å². The molecule has 1 aliphatic rings. The molecule has 0 saturated heterocycles. The largest absolute Gasteiger partial charge is 0.366 e. The number of benzene rings is 1. The van der Waals surface area contributed by atoms with Gasteiger partial charge < -0.3 is 9.88 Å². The summed E-state index contributed by atoms with van der Waals surface area (Å²) in [6, 6.07) is 10.0. The Morgan fingerprint density at radius 1 is 1.24 bits per heavy atom. The number of hydrogen-bond acceptors (Lipinski definition) is 2. The number of anilines is 1. The molecule has 3 nitrogen and oxygen atoms in total. The molecule has 4 heteroatoms. The summed E-state index contributed by atoms with van der Waals surface area (Å²) in [5.41, 5.74) is 5.97. The van der Waals surface area contributed by atoms with Gasteiger partial charge in [-0.15, -0.1) is 0 Å². The average molecular weight is 350 g/mol. The van der Waals surface area contributed by atoms with Gasteiger partial charge in [0.2, 0.25) is 0 Å². The van der Waals surface area contributed by atoms with Gasteiger partial charge in [-0.3, -0.25) is 0 Å². The molecular formula is C21H20ClN3. The van der Waals surface area contributed by atoms with E-state index >= 15 is 0 Å². The number of H-pyrrole nitrogens is 1. The van der Waals surface area contributed by atoms with Crippen LogP contribution in [0.15, 0.2) is 60.5 Å². The van der Waals surface area contributed by atoms with E-state index in [-0.39, 0.29) is 0 Å². The van der Waals surface area contributed by atoms with Crippen molar-refractivity contribution in [1.82, 2.24) is 9.97 Å². The maximum absolute atomic E-state index is 6.04. The maximum Gasteiger partial charge on any atom is 0.137 e. The number of aryl methyl sites for hydroxylation is 1. The molecule has 0 aliphatic carbocycles. The second kappa shape index (κ2) is 6.77. The highest BCUT2D eigenvalue weighted by molar-refractivity contribution is 6.30. The van der Waals surface area contributed by atoms with Crippen LogP contribution in [0.2, 0.25) is 5.02 Å². The van der Waals surface area contributed by atoms with Crippen LogP contribution in [0.3, 0.4) is 0 Å². The normalized spacial score (nSPS) is 15.1. The quantitative estimate of drug-likeness (QED) is 0.688. The zero-order chi connectivity index (χ0) is 17.2. The lowest BCUT2D eigenvalue weighted by atomic mass is 10.0. The first-order valence-corrected chi connectivity index (χ1v) is 8.89. The van der Waals surface area contributed by atoms with E-state index in [4.69, 9.17) is 11.6 Å². The molecule has 25 heavy (non-hydrogen) atoms. The summed E-state index contributed by atoms with van der Waals surface area (Å²) in [5, 5.41) is 1.97. The summed E-state index contributed by atoms with van der Waals surface area (Å²) < 4.78 is 0. The van der Waals surface area contributed by atoms with Crippen LogP contribution < -0.4 is 4.90 Å². The molecule has 0 bridgehead atoms. The van der Waals surface area contributed by atoms with Crippen molar-refractivity contribution in [2.75, 3.05) is 18.0 Å². The lowest BCUT2D eigenvalue weighted by Crippen LogP contribution is -2.29. The van der Waals surface area contributed by atoms with Crippen LogP contribution in [-0.2, 0) is 0 Å². The van der Waals surface area contributed by atoms with Gasteiger partial charge in [-0.2, -0.15) is 0 Å². The Morgan fingerprint density at radius 3 is 2.96 bits per heavy atom. The van der Waals surface area contributed by atoms with E-state index in [1.54, 1.807) is 0 Å². The van der Waals surface area contributed by atoms with Crippen LogP contribution in [0.1, 0.15) is 17.5 Å². The van der Waals surface area contributed by atoms with Gasteiger partial charge in [0.1, 0.15) is 5.65 Å². The lowest BCUT2D eigenvalue weighted by Gasteiger charge is -2.29. The van der Waals surface area contributed by atoms with Crippen LogP contribution in [-0.4, -0.2) is 23.1 Å². The third-order valence-electron chi connectivity index (χ3n) is 4.75. The Hall–Kier alpha value is -2.52. The van der Waals surface area contributed by atoms with Crippen molar-refractivity contribution >= 4 is 34.4 Å². The third kappa shape index (κ3) is 3.33. The minimum Gasteiger partial charge on any atom is -0.366 e. The van der Waals surface area contributed by atoms with Gasteiger partial charge in [-0.05, 0) is 48.2 Å². The fraction of sp³-hybridized carbons (Fsp3) is 0.190. The summed E-state index contributed by atoms with van der Waals surface area (Å²) >= 11 is 6.04. The summed E-state index contributed by atoms with van der Waals surface area (Å²) in [5.74, 6) is 0. The summed E-state index contributed by atoms with van der Waals surface area (Å²) in [4.78, 5) is 10.1. The lowest BCUT2D eigenvalue weighted by molar-refractivity contribution is 0.797. The van der Waals surface area contributed by atoms with Crippen molar-refractivity contribution in [2.45, 2.75) is 13.3 Å². The molecular weight excluding hydrogens is 330 g/mol. The molecule has 1 aromatic carbocycles. The number of aromatic amines is 1. The topological polar surface area (TPSA) is 31.9 Å². The molecule has 3 heterocycles. The van der Waals surface area contributed by atoms with Gasteiger partial charge in [0.15, 0.2) is 0 Å². The van der Waals surface area contributed by atoms with Crippen LogP contribution in [0, 0.1) is 6.92 Å². The van der Waals surface area contributed by atoms with E-state index in [1.165, 1.54) is 22.2 Å². The SMILES string of the molecule is Cc1c(N2CC=C(C=Cc3cccc(Cl)c3)CC2)cnc2[nH]ccc12. The highest BCUT2D eigenvalue weighted by Crippen LogP contribution is 2.28. The van der Waals surface area contributed by atoms with E-state index < -0.39 is 0 Å². The second-order valence-corrected chi connectivity index (χ2v) is 6.81. The van der Waals surface area contributed by atoms with Crippen LogP contribution in [0.4, 0.5) is 5.69 Å². The number of fused-ring (bicyclic) bond motifs is 1. The predicted octanol–water partition coefficient (Wildman–Crippen LogP) is 5.37. The zero-order valence-electron chi connectivity index (χ0n) is 14.2. The Balaban J connectivity index is 1.50. The number of aromatic nitrogens is 2. The summed E-state index contributed by atoms with van der Waals surface area (Å²) in [6.45, 7) is 4.09. The van der Waals surface area contributed by atoms with Gasteiger partial charge in [0.25, 0.3) is 0 Å². The molecule has 0 amide bonds. The summed E-state index contributed by atoms with van der Waals surface area (Å²) in [7, 11) is 0. The smallest absolute Gasteiger partial charge is 0.137 e. The number of pyridine rings is 1. The van der Waals surface area contributed by atoms with Crippen molar-refractivity contribution < 1.29 is 0 Å². The highest BCUT2D eigenvalue weighted by Gasteiger charge is 2.15. The van der Waals surface area contributed by atoms with Crippen LogP contribution in [0.5, 0.6) is 0 Å². The van der Waals surface area contributed by atoms with Crippen molar-refractivity contribution in [3.05, 3.63) is 76.6 Å². The Morgan fingerprint density at radius 2 is 2.16 bits per heavy atom. The first kappa shape index (κ1) is 16.0. The average Bonchev–Trinajstić information content (AvgIpc) is 3.11. The number of hydrogen-bond donors (Lipinski definition) is 1. The number of rotatable bonds is 3.